The smallest absolute Gasteiger partial charge is 0.226 e. The van der Waals surface area contributed by atoms with Crippen molar-refractivity contribution in [3.8, 4) is 12.3 Å². The molecule has 0 aliphatic heterocycles. The molecule has 0 bridgehead atoms. The second-order valence-corrected chi connectivity index (χ2v) is 18.9. The Bertz CT molecular complexity index is 4210. The van der Waals surface area contributed by atoms with Gasteiger partial charge in [-0.3, -0.25) is 0 Å². The van der Waals surface area contributed by atoms with Gasteiger partial charge in [-0.25, -0.2) is 29.6 Å². The number of anilines is 3. The first-order chi connectivity index (χ1) is 40.6. The van der Waals surface area contributed by atoms with Gasteiger partial charge in [0.1, 0.15) is 16.7 Å². The maximum atomic E-state index is 6.20. The van der Waals surface area contributed by atoms with Crippen LogP contribution in [-0.4, -0.2) is 93.9 Å². The third-order valence-corrected chi connectivity index (χ3v) is 12.6. The fraction of sp³-hybridized carbons (Fsp3) is 0.143. The summed E-state index contributed by atoms with van der Waals surface area (Å²) in [7, 11) is 0. The third kappa shape index (κ3) is 15.8. The highest BCUT2D eigenvalue weighted by molar-refractivity contribution is 6.35. The molecule has 27 heteroatoms. The van der Waals surface area contributed by atoms with Crippen molar-refractivity contribution in [3.63, 3.8) is 0 Å². The molecule has 0 unspecified atom stereocenters. The second-order valence-electron chi connectivity index (χ2n) is 17.2. The number of imidazole rings is 4. The summed E-state index contributed by atoms with van der Waals surface area (Å²) in [5.41, 5.74) is 10.4. The van der Waals surface area contributed by atoms with Crippen LogP contribution >= 0.6 is 58.0 Å². The molecule has 9 heterocycles. The van der Waals surface area contributed by atoms with Gasteiger partial charge in [0.25, 0.3) is 0 Å². The highest BCUT2D eigenvalue weighted by atomic mass is 35.5. The van der Waals surface area contributed by atoms with E-state index in [1.807, 2.05) is 138 Å². The van der Waals surface area contributed by atoms with Crippen LogP contribution in [-0.2, 0) is 39.3 Å². The van der Waals surface area contributed by atoms with Crippen LogP contribution in [0.3, 0.4) is 0 Å². The maximum Gasteiger partial charge on any atom is 0.226 e. The van der Waals surface area contributed by atoms with E-state index in [-0.39, 0.29) is 26.3 Å². The Balaban J connectivity index is 0.000000139. The van der Waals surface area contributed by atoms with Gasteiger partial charge in [0.2, 0.25) is 21.1 Å². The summed E-state index contributed by atoms with van der Waals surface area (Å²) in [6.45, 7) is 7.45. The van der Waals surface area contributed by atoms with Crippen molar-refractivity contribution >= 4 is 120 Å². The molecule has 13 aromatic rings. The lowest BCUT2D eigenvalue weighted by molar-refractivity contribution is 0.648. The molecular weight excluding hydrogens is 1160 g/mol. The molecule has 0 saturated heterocycles. The van der Waals surface area contributed by atoms with Gasteiger partial charge in [0.15, 0.2) is 56.2 Å². The van der Waals surface area contributed by atoms with Crippen LogP contribution in [0.25, 0.3) is 44.7 Å². The molecule has 0 radical (unpaired) electrons. The minimum absolute atomic E-state index is 0.106. The van der Waals surface area contributed by atoms with Crippen LogP contribution in [0.1, 0.15) is 41.8 Å². The Morgan fingerprint density at radius 2 is 0.916 bits per heavy atom. The average Bonchev–Trinajstić information content (AvgIpc) is 4.53. The summed E-state index contributed by atoms with van der Waals surface area (Å²) in [6.07, 6.45) is 13.7. The number of rotatable bonds is 14. The zero-order valence-electron chi connectivity index (χ0n) is 44.2. The number of hydrogen-bond acceptors (Lipinski definition) is 17. The number of benzene rings is 4. The van der Waals surface area contributed by atoms with Crippen molar-refractivity contribution < 1.29 is 0 Å². The number of hydrogen-bond donors (Lipinski definition) is 5. The van der Waals surface area contributed by atoms with E-state index >= 15 is 0 Å². The van der Waals surface area contributed by atoms with Gasteiger partial charge < -0.3 is 35.1 Å². The summed E-state index contributed by atoms with van der Waals surface area (Å²) in [5, 5.41) is 19.2. The summed E-state index contributed by atoms with van der Waals surface area (Å²) < 4.78 is 5.47. The second kappa shape index (κ2) is 28.9. The minimum atomic E-state index is 0.106. The van der Waals surface area contributed by atoms with Crippen molar-refractivity contribution in [1.29, 1.82) is 0 Å². The third-order valence-electron chi connectivity index (χ3n) is 11.6. The summed E-state index contributed by atoms with van der Waals surface area (Å²) in [6, 6.07) is 40.3. The molecule has 9 aromatic heterocycles. The van der Waals surface area contributed by atoms with Crippen LogP contribution in [0.5, 0.6) is 0 Å². The van der Waals surface area contributed by atoms with Gasteiger partial charge >= 0.3 is 0 Å². The molecule has 0 spiro atoms. The van der Waals surface area contributed by atoms with Gasteiger partial charge in [-0.15, -0.1) is 11.5 Å². The normalized spacial score (nSPS) is 10.6. The molecule has 4 aromatic carbocycles. The quantitative estimate of drug-likeness (QED) is 0.0385. The van der Waals surface area contributed by atoms with Crippen LogP contribution in [0.15, 0.2) is 153 Å². The SMILES string of the molecule is C#CCn1cnc2c(NCc3ccccc3)nc(Cl)nc21.CC.Clc1nc(Cl)c2[nH]cnc2n1.Clc1nc(NCc2ccccc2)c2[nH]cnc2n1.Clc1nc(NCc2ccccc2)c2ncn(Cc3cn(Cc4ccccc4)nn3)c2n1. The number of H-pyrrole nitrogens is 2. The number of fused-ring (bicyclic) bond motifs is 4. The summed E-state index contributed by atoms with van der Waals surface area (Å²) in [5.74, 6) is 4.42. The van der Waals surface area contributed by atoms with Gasteiger partial charge in [-0.2, -0.15) is 34.9 Å². The molecule has 0 fully saturated rings. The monoisotopic (exact) mass is 1200 g/mol. The molecule has 22 nitrogen and oxygen atoms in total. The van der Waals surface area contributed by atoms with Crippen molar-refractivity contribution in [2.75, 3.05) is 16.0 Å². The Morgan fingerprint density at radius 3 is 1.45 bits per heavy atom. The zero-order chi connectivity index (χ0) is 57.9. The van der Waals surface area contributed by atoms with E-state index in [4.69, 9.17) is 64.4 Å². The highest BCUT2D eigenvalue weighted by Crippen LogP contribution is 2.25. The lowest BCUT2D eigenvalue weighted by Gasteiger charge is -2.07. The van der Waals surface area contributed by atoms with Gasteiger partial charge in [0, 0.05) is 19.6 Å². The molecule has 5 N–H and O–H groups in total. The van der Waals surface area contributed by atoms with Gasteiger partial charge in [0.05, 0.1) is 51.1 Å². The van der Waals surface area contributed by atoms with Crippen molar-refractivity contribution in [3.05, 3.63) is 207 Å². The fourth-order valence-corrected chi connectivity index (χ4v) is 8.82. The van der Waals surface area contributed by atoms with E-state index in [0.29, 0.717) is 95.9 Å². The lowest BCUT2D eigenvalue weighted by Crippen LogP contribution is -2.05. The molecular formula is C56H49Cl5N22. The Hall–Kier alpha value is -9.37. The predicted molar refractivity (Wildman–Crippen MR) is 325 cm³/mol. The van der Waals surface area contributed by atoms with E-state index < -0.39 is 0 Å². The largest absolute Gasteiger partial charge is 0.364 e. The first-order valence-corrected chi connectivity index (χ1v) is 27.4. The minimum Gasteiger partial charge on any atom is -0.364 e. The first-order valence-electron chi connectivity index (χ1n) is 25.5. The highest BCUT2D eigenvalue weighted by Gasteiger charge is 2.16. The van der Waals surface area contributed by atoms with E-state index in [2.05, 4.69) is 114 Å². The Morgan fingerprint density at radius 1 is 0.482 bits per heavy atom. The van der Waals surface area contributed by atoms with E-state index in [0.717, 1.165) is 22.3 Å². The standard InChI is InChI=1S/C22H19ClN8.C15H12ClN5.C12H10ClN5.C5H2Cl2N4.C2H6/c23-22-26-20(24-11-16-7-3-1-4-8-16)19-21(27-22)30(15-25-19)13-18-14-31(29-28-18)12-17-9-5-2-6-10-17;1-2-8-21-10-18-12-13(19-15(16)20-14(12)21)17-9-11-6-4-3-5-7-11;13-12-17-10(9-11(18-12)16-7-15-9)14-6-8-4-2-1-3-5-8;6-3-2-4(9-1-8-2)11-5(7)10-3;1-2/h1-10,14-15H,11-13H2,(H,24,26,27);1,3-7,10H,8-9H2,(H,17,19,20);1-5,7H,6H2,(H2,14,15,16,17,18);1H,(H,8,9,10,11);1-2H3. The van der Waals surface area contributed by atoms with E-state index in [1.165, 1.54) is 17.5 Å². The van der Waals surface area contributed by atoms with Gasteiger partial charge in [-0.1, -0.05) is 158 Å². The number of aromatic amines is 2. The predicted octanol–water partition coefficient (Wildman–Crippen LogP) is 11.8. The molecule has 83 heavy (non-hydrogen) atoms. The number of aromatic nitrogens is 19. The van der Waals surface area contributed by atoms with E-state index in [9.17, 15) is 0 Å². The van der Waals surface area contributed by atoms with Crippen LogP contribution in [0.4, 0.5) is 17.5 Å². The molecule has 0 atom stereocenters. The number of nitrogens with one attached hydrogen (secondary N) is 5. The number of nitrogens with zero attached hydrogens (tertiary/aromatic N) is 17. The lowest BCUT2D eigenvalue weighted by atomic mass is 10.2. The summed E-state index contributed by atoms with van der Waals surface area (Å²) in [4.78, 5) is 55.4. The van der Waals surface area contributed by atoms with Crippen LogP contribution < -0.4 is 16.0 Å². The maximum absolute atomic E-state index is 6.20. The van der Waals surface area contributed by atoms with Crippen LogP contribution in [0.2, 0.25) is 26.3 Å². The molecule has 418 valence electrons. The molecule has 0 aliphatic carbocycles. The van der Waals surface area contributed by atoms with Crippen LogP contribution in [0, 0.1) is 12.3 Å². The molecule has 13 rings (SSSR count). The Labute approximate surface area is 499 Å². The van der Waals surface area contributed by atoms with Gasteiger partial charge in [-0.05, 0) is 68.7 Å². The topological polar surface area (TPSA) is 263 Å². The first kappa shape index (κ1) is 58.3. The van der Waals surface area contributed by atoms with Crippen molar-refractivity contribution in [2.24, 2.45) is 0 Å². The molecule has 0 aliphatic rings. The van der Waals surface area contributed by atoms with E-state index in [1.54, 1.807) is 23.5 Å². The van der Waals surface area contributed by atoms with Crippen molar-refractivity contribution in [2.45, 2.75) is 53.1 Å². The average molecular weight is 1210 g/mol. The summed E-state index contributed by atoms with van der Waals surface area (Å²) >= 11 is 29.2. The zero-order valence-corrected chi connectivity index (χ0v) is 48.0. The number of terminal acetylenes is 1. The number of halogens is 5. The Kier molecular flexibility index (Phi) is 20.3. The van der Waals surface area contributed by atoms with Crippen molar-refractivity contribution in [1.82, 2.24) is 93.9 Å². The fourth-order valence-electron chi connectivity index (χ4n) is 7.90. The molecule has 0 saturated carbocycles. The molecule has 0 amide bonds.